The molecule has 0 unspecified atom stereocenters. The van der Waals surface area contributed by atoms with Crippen molar-refractivity contribution < 1.29 is 4.74 Å². The third-order valence-electron chi connectivity index (χ3n) is 5.02. The Balaban J connectivity index is 1.79. The zero-order chi connectivity index (χ0) is 19.3. The fourth-order valence-corrected chi connectivity index (χ4v) is 3.98. The molecule has 0 bridgehead atoms. The molecule has 0 aliphatic carbocycles. The lowest BCUT2D eigenvalue weighted by Crippen LogP contribution is -2.36. The maximum atomic E-state index is 6.47. The average molecular weight is 414 g/mol. The molecule has 1 saturated heterocycles. The second-order valence-corrected chi connectivity index (χ2v) is 7.62. The second kappa shape index (κ2) is 6.88. The summed E-state index contributed by atoms with van der Waals surface area (Å²) in [6.45, 7) is 5.11. The molecule has 3 heterocycles. The molecular formula is C20H17Cl2N5O. The van der Waals surface area contributed by atoms with E-state index in [9.17, 15) is 0 Å². The Morgan fingerprint density at radius 3 is 2.64 bits per heavy atom. The summed E-state index contributed by atoms with van der Waals surface area (Å²) in [7, 11) is 0. The first kappa shape index (κ1) is 17.7. The number of rotatable bonds is 2. The Labute approximate surface area is 171 Å². The maximum Gasteiger partial charge on any atom is 0.183 e. The molecule has 2 aromatic carbocycles. The van der Waals surface area contributed by atoms with E-state index in [4.69, 9.17) is 32.9 Å². The van der Waals surface area contributed by atoms with E-state index < -0.39 is 0 Å². The number of anilines is 1. The van der Waals surface area contributed by atoms with Crippen molar-refractivity contribution in [2.45, 2.75) is 6.92 Å². The van der Waals surface area contributed by atoms with Crippen LogP contribution in [0.25, 0.3) is 28.1 Å². The van der Waals surface area contributed by atoms with E-state index in [2.05, 4.69) is 27.2 Å². The molecule has 28 heavy (non-hydrogen) atoms. The molecule has 0 spiro atoms. The molecule has 6 nitrogen and oxygen atoms in total. The van der Waals surface area contributed by atoms with Gasteiger partial charge in [-0.15, -0.1) is 10.2 Å². The van der Waals surface area contributed by atoms with Crippen LogP contribution < -0.4 is 4.90 Å². The normalized spacial score (nSPS) is 14.9. The number of benzene rings is 2. The van der Waals surface area contributed by atoms with Gasteiger partial charge in [-0.3, -0.25) is 4.40 Å². The van der Waals surface area contributed by atoms with E-state index in [1.807, 2.05) is 23.5 Å². The minimum Gasteiger partial charge on any atom is -0.378 e. The monoisotopic (exact) mass is 413 g/mol. The van der Waals surface area contributed by atoms with Crippen LogP contribution in [0.5, 0.6) is 0 Å². The second-order valence-electron chi connectivity index (χ2n) is 6.78. The Hall–Kier alpha value is -2.41. The maximum absolute atomic E-state index is 6.47. The van der Waals surface area contributed by atoms with Crippen LogP contribution in [0.3, 0.4) is 0 Å². The number of morpholine rings is 1. The number of halogens is 2. The summed E-state index contributed by atoms with van der Waals surface area (Å²) in [4.78, 5) is 7.05. The lowest BCUT2D eigenvalue weighted by atomic mass is 10.2. The van der Waals surface area contributed by atoms with Crippen LogP contribution in [0.2, 0.25) is 10.0 Å². The van der Waals surface area contributed by atoms with E-state index in [0.717, 1.165) is 54.3 Å². The van der Waals surface area contributed by atoms with Crippen LogP contribution in [-0.4, -0.2) is 45.9 Å². The van der Waals surface area contributed by atoms with Gasteiger partial charge in [-0.1, -0.05) is 23.2 Å². The van der Waals surface area contributed by atoms with Gasteiger partial charge < -0.3 is 9.64 Å². The van der Waals surface area contributed by atoms with Crippen molar-refractivity contribution >= 4 is 45.6 Å². The van der Waals surface area contributed by atoms with Gasteiger partial charge in [0.15, 0.2) is 5.65 Å². The van der Waals surface area contributed by atoms with Gasteiger partial charge in [0.1, 0.15) is 11.3 Å². The largest absolute Gasteiger partial charge is 0.378 e. The molecule has 0 atom stereocenters. The quantitative estimate of drug-likeness (QED) is 0.487. The molecule has 1 aliphatic rings. The van der Waals surface area contributed by atoms with Gasteiger partial charge in [-0.25, -0.2) is 4.98 Å². The summed E-state index contributed by atoms with van der Waals surface area (Å²) >= 11 is 12.7. The van der Waals surface area contributed by atoms with Crippen LogP contribution >= 0.6 is 23.2 Å². The van der Waals surface area contributed by atoms with Gasteiger partial charge in [0.05, 0.1) is 29.4 Å². The van der Waals surface area contributed by atoms with Crippen molar-refractivity contribution in [3.63, 3.8) is 0 Å². The summed E-state index contributed by atoms with van der Waals surface area (Å²) in [5, 5.41) is 9.97. The average Bonchev–Trinajstić information content (AvgIpc) is 3.07. The molecular weight excluding hydrogens is 397 g/mol. The fraction of sp³-hybridized carbons (Fsp3) is 0.250. The Bertz CT molecular complexity index is 1200. The predicted octanol–water partition coefficient (Wildman–Crippen LogP) is 4.40. The first-order valence-corrected chi connectivity index (χ1v) is 9.81. The third-order valence-corrected chi connectivity index (χ3v) is 5.58. The predicted molar refractivity (Wildman–Crippen MR) is 112 cm³/mol. The van der Waals surface area contributed by atoms with Crippen LogP contribution in [0.1, 0.15) is 5.69 Å². The minimum atomic E-state index is 0.589. The Kier molecular flexibility index (Phi) is 4.34. The lowest BCUT2D eigenvalue weighted by Gasteiger charge is -2.29. The zero-order valence-corrected chi connectivity index (χ0v) is 16.7. The standard InChI is InChI=1S/C20H17Cl2N5O/c1-12-19-25-24-17-5-3-14(26-6-8-28-9-7-26)11-18(17)27(19)20(23-12)15-10-13(21)2-4-16(15)22/h2-5,10-11H,6-9H2,1H3. The van der Waals surface area contributed by atoms with Crippen molar-refractivity contribution in [2.24, 2.45) is 0 Å². The third kappa shape index (κ3) is 2.89. The summed E-state index contributed by atoms with van der Waals surface area (Å²) in [6.07, 6.45) is 0. The molecule has 142 valence electrons. The molecule has 0 amide bonds. The SMILES string of the molecule is Cc1nc(-c2cc(Cl)ccc2Cl)n2c1nnc1ccc(N3CCOCC3)cc12. The van der Waals surface area contributed by atoms with Crippen LogP contribution in [0, 0.1) is 6.92 Å². The molecule has 0 saturated carbocycles. The fourth-order valence-electron chi connectivity index (χ4n) is 3.61. The van der Waals surface area contributed by atoms with Gasteiger partial charge >= 0.3 is 0 Å². The van der Waals surface area contributed by atoms with Crippen LogP contribution in [0.15, 0.2) is 36.4 Å². The molecule has 0 N–H and O–H groups in total. The number of hydrogen-bond acceptors (Lipinski definition) is 5. The highest BCUT2D eigenvalue weighted by Crippen LogP contribution is 2.33. The summed E-state index contributed by atoms with van der Waals surface area (Å²) in [5.41, 5.74) is 5.11. The van der Waals surface area contributed by atoms with E-state index >= 15 is 0 Å². The number of aromatic nitrogens is 4. The molecule has 0 radical (unpaired) electrons. The van der Waals surface area contributed by atoms with E-state index in [-0.39, 0.29) is 0 Å². The van der Waals surface area contributed by atoms with Crippen LogP contribution in [0.4, 0.5) is 5.69 Å². The Morgan fingerprint density at radius 1 is 1.00 bits per heavy atom. The van der Waals surface area contributed by atoms with Gasteiger partial charge in [0.25, 0.3) is 0 Å². The highest BCUT2D eigenvalue weighted by molar-refractivity contribution is 6.35. The van der Waals surface area contributed by atoms with E-state index in [1.54, 1.807) is 12.1 Å². The molecule has 1 fully saturated rings. The first-order valence-electron chi connectivity index (χ1n) is 9.05. The smallest absolute Gasteiger partial charge is 0.183 e. The molecule has 2 aromatic heterocycles. The summed E-state index contributed by atoms with van der Waals surface area (Å²) in [6, 6.07) is 11.6. The highest BCUT2D eigenvalue weighted by Gasteiger charge is 2.19. The van der Waals surface area contributed by atoms with Crippen molar-refractivity contribution in [1.29, 1.82) is 0 Å². The lowest BCUT2D eigenvalue weighted by molar-refractivity contribution is 0.122. The number of fused-ring (bicyclic) bond motifs is 3. The van der Waals surface area contributed by atoms with Gasteiger partial charge in [0, 0.05) is 29.4 Å². The minimum absolute atomic E-state index is 0.589. The van der Waals surface area contributed by atoms with Crippen molar-refractivity contribution in [1.82, 2.24) is 19.6 Å². The zero-order valence-electron chi connectivity index (χ0n) is 15.2. The van der Waals surface area contributed by atoms with Crippen LogP contribution in [-0.2, 0) is 4.74 Å². The van der Waals surface area contributed by atoms with Crippen molar-refractivity contribution in [3.05, 3.63) is 52.1 Å². The van der Waals surface area contributed by atoms with Crippen molar-refractivity contribution in [3.8, 4) is 11.4 Å². The summed E-state index contributed by atoms with van der Waals surface area (Å²) < 4.78 is 7.49. The molecule has 4 aromatic rings. The molecule has 5 rings (SSSR count). The number of nitrogens with zero attached hydrogens (tertiary/aromatic N) is 5. The number of aryl methyl sites for hydroxylation is 1. The summed E-state index contributed by atoms with van der Waals surface area (Å²) in [5.74, 6) is 0.707. The molecule has 8 heteroatoms. The number of ether oxygens (including phenoxy) is 1. The van der Waals surface area contributed by atoms with E-state index in [1.165, 1.54) is 0 Å². The van der Waals surface area contributed by atoms with Gasteiger partial charge in [-0.05, 0) is 43.3 Å². The van der Waals surface area contributed by atoms with Gasteiger partial charge in [0.2, 0.25) is 0 Å². The first-order chi connectivity index (χ1) is 13.6. The molecule has 1 aliphatic heterocycles. The number of hydrogen-bond donors (Lipinski definition) is 0. The van der Waals surface area contributed by atoms with Crippen molar-refractivity contribution in [2.75, 3.05) is 31.2 Å². The van der Waals surface area contributed by atoms with E-state index in [0.29, 0.717) is 21.5 Å². The number of imidazole rings is 1. The highest BCUT2D eigenvalue weighted by atomic mass is 35.5. The van der Waals surface area contributed by atoms with Gasteiger partial charge in [-0.2, -0.15) is 0 Å². The topological polar surface area (TPSA) is 55.5 Å². The Morgan fingerprint density at radius 2 is 1.82 bits per heavy atom.